The van der Waals surface area contributed by atoms with Gasteiger partial charge < -0.3 is 5.32 Å². The number of nitrogens with zero attached hydrogens (tertiary/aromatic N) is 2. The van der Waals surface area contributed by atoms with Crippen molar-refractivity contribution in [3.05, 3.63) is 107 Å². The summed E-state index contributed by atoms with van der Waals surface area (Å²) in [5.74, 6) is 0. The van der Waals surface area contributed by atoms with E-state index in [1.165, 1.54) is 11.1 Å². The second kappa shape index (κ2) is 8.64. The van der Waals surface area contributed by atoms with Crippen LogP contribution in [-0.2, 0) is 6.54 Å². The zero-order valence-corrected chi connectivity index (χ0v) is 17.4. The van der Waals surface area contributed by atoms with Gasteiger partial charge >= 0.3 is 0 Å². The van der Waals surface area contributed by atoms with Crippen molar-refractivity contribution in [1.82, 2.24) is 15.1 Å². The molecule has 0 aliphatic rings. The number of hydrogen-bond acceptors (Lipinski definition) is 2. The summed E-state index contributed by atoms with van der Waals surface area (Å²) in [7, 11) is 0. The molecule has 146 valence electrons. The lowest BCUT2D eigenvalue weighted by molar-refractivity contribution is 0.575. The van der Waals surface area contributed by atoms with Crippen molar-refractivity contribution in [3.8, 4) is 16.9 Å². The molecule has 29 heavy (non-hydrogen) atoms. The van der Waals surface area contributed by atoms with Crippen LogP contribution in [0.25, 0.3) is 16.9 Å². The molecule has 4 heteroatoms. The first-order valence-electron chi connectivity index (χ1n) is 9.80. The van der Waals surface area contributed by atoms with Crippen LogP contribution in [0.1, 0.15) is 29.7 Å². The summed E-state index contributed by atoms with van der Waals surface area (Å²) >= 11 is 6.42. The molecule has 4 rings (SSSR count). The minimum absolute atomic E-state index is 0.241. The highest BCUT2D eigenvalue weighted by molar-refractivity contribution is 6.32. The van der Waals surface area contributed by atoms with E-state index < -0.39 is 0 Å². The molecule has 0 aliphatic carbocycles. The van der Waals surface area contributed by atoms with Gasteiger partial charge in [0, 0.05) is 29.9 Å². The Morgan fingerprint density at radius 2 is 1.62 bits per heavy atom. The summed E-state index contributed by atoms with van der Waals surface area (Å²) in [4.78, 5) is 0. The smallest absolute Gasteiger partial charge is 0.0972 e. The van der Waals surface area contributed by atoms with Gasteiger partial charge in [-0.05, 0) is 31.5 Å². The Balaban J connectivity index is 1.67. The molecular weight excluding hydrogens is 378 g/mol. The topological polar surface area (TPSA) is 29.9 Å². The Kier molecular flexibility index (Phi) is 5.79. The van der Waals surface area contributed by atoms with Gasteiger partial charge in [0.15, 0.2) is 0 Å². The van der Waals surface area contributed by atoms with Crippen LogP contribution < -0.4 is 5.32 Å². The summed E-state index contributed by atoms with van der Waals surface area (Å²) in [6.45, 7) is 4.99. The number of aromatic nitrogens is 2. The molecular formula is C25H24ClN3. The normalized spacial score (nSPS) is 12.1. The summed E-state index contributed by atoms with van der Waals surface area (Å²) in [6.07, 6.45) is 2.07. The van der Waals surface area contributed by atoms with Gasteiger partial charge in [-0.2, -0.15) is 5.10 Å². The molecule has 3 nitrogen and oxygen atoms in total. The van der Waals surface area contributed by atoms with Crippen molar-refractivity contribution in [2.45, 2.75) is 26.4 Å². The van der Waals surface area contributed by atoms with E-state index in [-0.39, 0.29) is 6.04 Å². The van der Waals surface area contributed by atoms with E-state index in [2.05, 4.69) is 73.9 Å². The molecule has 1 heterocycles. The Bertz CT molecular complexity index is 1080. The fraction of sp³-hybridized carbons (Fsp3) is 0.160. The van der Waals surface area contributed by atoms with Gasteiger partial charge in [-0.15, -0.1) is 0 Å². The van der Waals surface area contributed by atoms with Crippen LogP contribution in [0.2, 0.25) is 5.02 Å². The Morgan fingerprint density at radius 3 is 2.34 bits per heavy atom. The second-order valence-electron chi connectivity index (χ2n) is 7.28. The average Bonchev–Trinajstić information content (AvgIpc) is 3.17. The first-order chi connectivity index (χ1) is 14.1. The van der Waals surface area contributed by atoms with E-state index in [4.69, 9.17) is 16.7 Å². The van der Waals surface area contributed by atoms with Gasteiger partial charge in [-0.3, -0.25) is 0 Å². The van der Waals surface area contributed by atoms with E-state index in [9.17, 15) is 0 Å². The monoisotopic (exact) mass is 401 g/mol. The van der Waals surface area contributed by atoms with Crippen molar-refractivity contribution in [1.29, 1.82) is 0 Å². The number of hydrogen-bond donors (Lipinski definition) is 1. The second-order valence-corrected chi connectivity index (χ2v) is 7.69. The predicted molar refractivity (Wildman–Crippen MR) is 120 cm³/mol. The molecule has 0 unspecified atom stereocenters. The van der Waals surface area contributed by atoms with Gasteiger partial charge in [0.25, 0.3) is 0 Å². The zero-order valence-electron chi connectivity index (χ0n) is 16.6. The van der Waals surface area contributed by atoms with Crippen LogP contribution in [0.4, 0.5) is 0 Å². The van der Waals surface area contributed by atoms with Crippen molar-refractivity contribution in [3.63, 3.8) is 0 Å². The van der Waals surface area contributed by atoms with Gasteiger partial charge in [0.2, 0.25) is 0 Å². The van der Waals surface area contributed by atoms with Crippen LogP contribution in [0.3, 0.4) is 0 Å². The fourth-order valence-corrected chi connectivity index (χ4v) is 3.60. The molecule has 1 atom stereocenters. The largest absolute Gasteiger partial charge is 0.306 e. The third-order valence-corrected chi connectivity index (χ3v) is 5.43. The number of rotatable bonds is 6. The van der Waals surface area contributed by atoms with Crippen molar-refractivity contribution in [2.75, 3.05) is 0 Å². The highest BCUT2D eigenvalue weighted by atomic mass is 35.5. The highest BCUT2D eigenvalue weighted by Crippen LogP contribution is 2.27. The maximum absolute atomic E-state index is 6.42. The maximum atomic E-state index is 6.42. The van der Waals surface area contributed by atoms with Crippen LogP contribution >= 0.6 is 11.6 Å². The van der Waals surface area contributed by atoms with Crippen LogP contribution in [0, 0.1) is 6.92 Å². The minimum atomic E-state index is 0.241. The van der Waals surface area contributed by atoms with Gasteiger partial charge in [0.1, 0.15) is 0 Å². The third-order valence-electron chi connectivity index (χ3n) is 5.11. The average molecular weight is 402 g/mol. The molecule has 4 aromatic rings. The molecule has 0 aliphatic heterocycles. The number of aryl methyl sites for hydroxylation is 1. The summed E-state index contributed by atoms with van der Waals surface area (Å²) in [5, 5.41) is 9.20. The van der Waals surface area contributed by atoms with Crippen molar-refractivity contribution in [2.24, 2.45) is 0 Å². The maximum Gasteiger partial charge on any atom is 0.0972 e. The first kappa shape index (κ1) is 19.4. The molecule has 0 fully saturated rings. The molecule has 0 radical (unpaired) electrons. The van der Waals surface area contributed by atoms with E-state index >= 15 is 0 Å². The molecule has 1 N–H and O–H groups in total. The number of halogens is 1. The Labute approximate surface area is 177 Å². The van der Waals surface area contributed by atoms with E-state index in [0.29, 0.717) is 11.6 Å². The standard InChI is InChI=1S/C25H24ClN3/c1-18-12-14-21(15-13-18)25-22(16-27-19(2)20-8-4-3-5-9-20)17-29(28-25)24-11-7-6-10-23(24)26/h3-15,17,19,27H,16H2,1-2H3/t19-/m0/s1. The van der Waals surface area contributed by atoms with E-state index in [1.54, 1.807) is 0 Å². The Hall–Kier alpha value is -2.88. The molecule has 3 aromatic carbocycles. The molecule has 0 amide bonds. The molecule has 0 saturated heterocycles. The summed E-state index contributed by atoms with van der Waals surface area (Å²) in [6, 6.07) is 27.0. The number of benzene rings is 3. The lowest BCUT2D eigenvalue weighted by Gasteiger charge is -2.14. The predicted octanol–water partition coefficient (Wildman–Crippen LogP) is 6.35. The van der Waals surface area contributed by atoms with Gasteiger partial charge in [-0.1, -0.05) is 83.9 Å². The lowest BCUT2D eigenvalue weighted by Crippen LogP contribution is -2.18. The SMILES string of the molecule is Cc1ccc(-c2nn(-c3ccccc3Cl)cc2CN[C@@H](C)c2ccccc2)cc1. The van der Waals surface area contributed by atoms with Crippen LogP contribution in [0.5, 0.6) is 0 Å². The number of nitrogens with one attached hydrogen (secondary N) is 1. The van der Waals surface area contributed by atoms with Crippen LogP contribution in [0.15, 0.2) is 85.1 Å². The third kappa shape index (κ3) is 4.42. The van der Waals surface area contributed by atoms with E-state index in [1.807, 2.05) is 35.0 Å². The summed E-state index contributed by atoms with van der Waals surface area (Å²) < 4.78 is 1.88. The molecule has 0 bridgehead atoms. The van der Waals surface area contributed by atoms with Crippen LogP contribution in [-0.4, -0.2) is 9.78 Å². The highest BCUT2D eigenvalue weighted by Gasteiger charge is 2.15. The fourth-order valence-electron chi connectivity index (χ4n) is 3.38. The summed E-state index contributed by atoms with van der Waals surface area (Å²) in [5.41, 5.74) is 6.59. The van der Waals surface area contributed by atoms with Crippen molar-refractivity contribution < 1.29 is 0 Å². The quantitative estimate of drug-likeness (QED) is 0.407. The molecule has 0 spiro atoms. The Morgan fingerprint density at radius 1 is 0.931 bits per heavy atom. The van der Waals surface area contributed by atoms with Crippen molar-refractivity contribution >= 4 is 11.6 Å². The lowest BCUT2D eigenvalue weighted by atomic mass is 10.1. The molecule has 1 aromatic heterocycles. The van der Waals surface area contributed by atoms with Gasteiger partial charge in [-0.25, -0.2) is 4.68 Å². The zero-order chi connectivity index (χ0) is 20.2. The molecule has 0 saturated carbocycles. The van der Waals surface area contributed by atoms with Gasteiger partial charge in [0.05, 0.1) is 16.4 Å². The number of para-hydroxylation sites is 1. The minimum Gasteiger partial charge on any atom is -0.306 e. The van der Waals surface area contributed by atoms with E-state index in [0.717, 1.165) is 22.5 Å². The first-order valence-corrected chi connectivity index (χ1v) is 10.2.